The fraction of sp³-hybridized carbons (Fsp3) is 0.645. The van der Waals surface area contributed by atoms with E-state index < -0.39 is 39.5 Å². The summed E-state index contributed by atoms with van der Waals surface area (Å²) in [4.78, 5) is 23.5. The smallest absolute Gasteiger partial charge is 0.339 e. The molecule has 8 nitrogen and oxygen atoms in total. The van der Waals surface area contributed by atoms with Crippen LogP contribution in [0.2, 0.25) is 37.8 Å². The first-order valence-corrected chi connectivity index (χ1v) is 21.0. The number of non-ortho nitro benzene ring substituents is 1. The summed E-state index contributed by atoms with van der Waals surface area (Å²) in [7, 11) is -3.78. The van der Waals surface area contributed by atoms with Gasteiger partial charge < -0.3 is 18.6 Å². The summed E-state index contributed by atoms with van der Waals surface area (Å²) >= 11 is 0. The number of carbonyl (C=O) groups excluding carboxylic acids is 1. The predicted molar refractivity (Wildman–Crippen MR) is 166 cm³/mol. The maximum Gasteiger partial charge on any atom is 0.339 e. The number of nitrogens with zero attached hydrogens (tertiary/aromatic N) is 1. The zero-order valence-corrected chi connectivity index (χ0v) is 28.1. The molecular weight excluding hydrogens is 555 g/mol. The van der Waals surface area contributed by atoms with Gasteiger partial charge in [0, 0.05) is 25.0 Å². The number of hydrogen-bond acceptors (Lipinski definition) is 7. The molecule has 2 aliphatic heterocycles. The fourth-order valence-electron chi connectivity index (χ4n) is 4.66. The number of esters is 1. The second-order valence-electron chi connectivity index (χ2n) is 13.6. The normalized spacial score (nSPS) is 24.4. The highest BCUT2D eigenvalue weighted by Gasteiger charge is 2.50. The molecule has 6 atom stereocenters. The molecule has 0 saturated carbocycles. The summed E-state index contributed by atoms with van der Waals surface area (Å²) in [6.07, 6.45) is 5.87. The lowest BCUT2D eigenvalue weighted by molar-refractivity contribution is -0.384. The predicted octanol–water partition coefficient (Wildman–Crippen LogP) is 7.06. The van der Waals surface area contributed by atoms with Crippen LogP contribution in [-0.2, 0) is 18.6 Å². The van der Waals surface area contributed by atoms with E-state index in [-0.39, 0.29) is 40.7 Å². The maximum atomic E-state index is 13.0. The van der Waals surface area contributed by atoms with Crippen LogP contribution >= 0.6 is 0 Å². The van der Waals surface area contributed by atoms with E-state index >= 15 is 0 Å². The molecule has 0 aliphatic carbocycles. The number of carbonyl (C=O) groups is 1. The minimum absolute atomic E-state index is 0.0474. The number of nitro benzene ring substituents is 1. The van der Waals surface area contributed by atoms with Crippen molar-refractivity contribution in [2.45, 2.75) is 128 Å². The topological polar surface area (TPSA) is 97.1 Å². The number of ether oxygens (including phenoxy) is 3. The van der Waals surface area contributed by atoms with Crippen molar-refractivity contribution in [2.75, 3.05) is 0 Å². The number of hydrogen-bond donors (Lipinski definition) is 0. The molecule has 0 unspecified atom stereocenters. The summed E-state index contributed by atoms with van der Waals surface area (Å²) in [5, 5.41) is 11.1. The molecule has 2 fully saturated rings. The van der Waals surface area contributed by atoms with Gasteiger partial charge in [0.25, 0.3) is 5.69 Å². The lowest BCUT2D eigenvalue weighted by atomic mass is 10.0. The van der Waals surface area contributed by atoms with Gasteiger partial charge in [-0.3, -0.25) is 10.1 Å². The minimum Gasteiger partial charge on any atom is -0.443 e. The average molecular weight is 602 g/mol. The minimum atomic E-state index is -2.02. The van der Waals surface area contributed by atoms with Gasteiger partial charge in [-0.1, -0.05) is 65.4 Å². The third-order valence-corrected chi connectivity index (χ3v) is 13.4. The van der Waals surface area contributed by atoms with Crippen LogP contribution in [0.25, 0.3) is 0 Å². The van der Waals surface area contributed by atoms with Crippen LogP contribution in [0.4, 0.5) is 5.69 Å². The van der Waals surface area contributed by atoms with Crippen molar-refractivity contribution < 1.29 is 28.4 Å². The van der Waals surface area contributed by atoms with Gasteiger partial charge in [0.2, 0.25) is 0 Å². The van der Waals surface area contributed by atoms with Crippen LogP contribution in [-0.4, -0.2) is 63.9 Å². The van der Waals surface area contributed by atoms with Crippen molar-refractivity contribution in [2.24, 2.45) is 0 Å². The first kappa shape index (κ1) is 33.2. The summed E-state index contributed by atoms with van der Waals surface area (Å²) in [5.41, 5.74) is 3.46. The fourth-order valence-corrected chi connectivity index (χ4v) is 6.59. The molecule has 1 aromatic rings. The Morgan fingerprint density at radius 1 is 1.07 bits per heavy atom. The van der Waals surface area contributed by atoms with E-state index in [1.54, 1.807) is 0 Å². The Bertz CT molecular complexity index is 1140. The van der Waals surface area contributed by atoms with Crippen molar-refractivity contribution in [1.29, 1.82) is 0 Å². The van der Waals surface area contributed by atoms with Gasteiger partial charge in [-0.05, 0) is 43.1 Å². The highest BCUT2D eigenvalue weighted by atomic mass is 28.4. The van der Waals surface area contributed by atoms with Crippen molar-refractivity contribution in [3.05, 3.63) is 52.1 Å². The molecule has 226 valence electrons. The molecular formula is C31H47NO7Si2. The number of allylic oxidation sites excluding steroid dienone is 1. The standard InChI is InChI=1S/C31H47NO7Si2/c1-10-11-12-13-25(39-41(8,9)31(2,3)4)27-21-29-28(37-27)20-26(36-29)24(18-19-40(5,6)7)38-30(33)22-14-16-23(17-15-22)32(34)35/h11-12,14-17,24-29H,10,13,20-21H2,1-9H3/b12-11+/t24-,25+,26+,27-,28-,29-/m1/s1. The molecule has 0 radical (unpaired) electrons. The number of fused-ring (bicyclic) bond motifs is 1. The van der Waals surface area contributed by atoms with E-state index in [1.165, 1.54) is 24.3 Å². The third-order valence-electron chi connectivity index (χ3n) is 7.96. The maximum absolute atomic E-state index is 13.0. The second kappa shape index (κ2) is 13.3. The SMILES string of the molecule is CC/C=C/C[C@H](O[Si](C)(C)C(C)(C)C)[C@H]1C[C@H]2O[C@H]([C@@H](C#C[Si](C)(C)C)OC(=O)c3ccc([N+](=O)[O-])cc3)C[C@H]2O1. The molecule has 1 aromatic carbocycles. The number of nitro groups is 1. The monoisotopic (exact) mass is 601 g/mol. The van der Waals surface area contributed by atoms with Crippen molar-refractivity contribution in [1.82, 2.24) is 0 Å². The number of rotatable bonds is 10. The van der Waals surface area contributed by atoms with Crippen LogP contribution < -0.4 is 0 Å². The molecule has 0 spiro atoms. The largest absolute Gasteiger partial charge is 0.443 e. The van der Waals surface area contributed by atoms with E-state index in [0.29, 0.717) is 12.8 Å². The van der Waals surface area contributed by atoms with E-state index in [9.17, 15) is 14.9 Å². The summed E-state index contributed by atoms with van der Waals surface area (Å²) < 4.78 is 25.8. The zero-order valence-electron chi connectivity index (χ0n) is 26.1. The second-order valence-corrected chi connectivity index (χ2v) is 23.1. The van der Waals surface area contributed by atoms with Gasteiger partial charge in [0.1, 0.15) is 14.2 Å². The summed E-state index contributed by atoms with van der Waals surface area (Å²) in [6, 6.07) is 5.39. The molecule has 10 heteroatoms. The molecule has 0 aromatic heterocycles. The Kier molecular flexibility index (Phi) is 10.8. The van der Waals surface area contributed by atoms with Gasteiger partial charge >= 0.3 is 5.97 Å². The van der Waals surface area contributed by atoms with Crippen LogP contribution in [0, 0.1) is 21.6 Å². The average Bonchev–Trinajstić information content (AvgIpc) is 3.44. The van der Waals surface area contributed by atoms with Gasteiger partial charge in [-0.2, -0.15) is 0 Å². The van der Waals surface area contributed by atoms with Gasteiger partial charge in [0.15, 0.2) is 14.4 Å². The lowest BCUT2D eigenvalue weighted by Crippen LogP contribution is -2.47. The zero-order chi connectivity index (χ0) is 30.6. The highest BCUT2D eigenvalue weighted by Crippen LogP contribution is 2.42. The lowest BCUT2D eigenvalue weighted by Gasteiger charge is -2.40. The summed E-state index contributed by atoms with van der Waals surface area (Å²) in [5.74, 6) is 2.61. The Hall–Kier alpha value is -2.30. The van der Waals surface area contributed by atoms with Gasteiger partial charge in [0.05, 0.1) is 34.9 Å². The molecule has 0 N–H and O–H groups in total. The Balaban J connectivity index is 1.73. The van der Waals surface area contributed by atoms with Crippen LogP contribution in [0.5, 0.6) is 0 Å². The molecule has 2 saturated heterocycles. The van der Waals surface area contributed by atoms with E-state index in [4.69, 9.17) is 18.6 Å². The first-order chi connectivity index (χ1) is 19.0. The van der Waals surface area contributed by atoms with Crippen LogP contribution in [0.3, 0.4) is 0 Å². The molecule has 41 heavy (non-hydrogen) atoms. The Morgan fingerprint density at radius 2 is 1.66 bits per heavy atom. The van der Waals surface area contributed by atoms with E-state index in [0.717, 1.165) is 12.8 Å². The van der Waals surface area contributed by atoms with Gasteiger partial charge in [-0.15, -0.1) is 5.54 Å². The Labute approximate surface area is 247 Å². The molecule has 0 amide bonds. The van der Waals surface area contributed by atoms with Crippen molar-refractivity contribution in [3.8, 4) is 11.5 Å². The van der Waals surface area contributed by atoms with Crippen molar-refractivity contribution in [3.63, 3.8) is 0 Å². The molecule has 3 rings (SSSR count). The van der Waals surface area contributed by atoms with E-state index in [1.807, 2.05) is 0 Å². The molecule has 2 aliphatic rings. The third kappa shape index (κ3) is 9.09. The summed E-state index contributed by atoms with van der Waals surface area (Å²) in [6.45, 7) is 19.8. The quantitative estimate of drug-likeness (QED) is 0.0707. The molecule has 0 bridgehead atoms. The first-order valence-electron chi connectivity index (χ1n) is 14.6. The molecule has 2 heterocycles. The highest BCUT2D eigenvalue weighted by molar-refractivity contribution is 6.83. The van der Waals surface area contributed by atoms with Crippen LogP contribution in [0.15, 0.2) is 36.4 Å². The van der Waals surface area contributed by atoms with Crippen LogP contribution in [0.1, 0.15) is 63.7 Å². The van der Waals surface area contributed by atoms with E-state index in [2.05, 4.69) is 84.0 Å². The van der Waals surface area contributed by atoms with Crippen molar-refractivity contribution >= 4 is 28.0 Å². The Morgan fingerprint density at radius 3 is 2.20 bits per heavy atom. The number of benzene rings is 1. The van der Waals surface area contributed by atoms with Gasteiger partial charge in [-0.25, -0.2) is 4.79 Å².